The van der Waals surface area contributed by atoms with Crippen LogP contribution in [0.2, 0.25) is 0 Å². The summed E-state index contributed by atoms with van der Waals surface area (Å²) in [4.78, 5) is 11.5. The van der Waals surface area contributed by atoms with Crippen LogP contribution in [0.15, 0.2) is 18.2 Å². The third-order valence-electron chi connectivity index (χ3n) is 1.91. The highest BCUT2D eigenvalue weighted by Crippen LogP contribution is 2.14. The van der Waals surface area contributed by atoms with Crippen molar-refractivity contribution in [2.24, 2.45) is 5.92 Å². The van der Waals surface area contributed by atoms with Crippen molar-refractivity contribution in [1.82, 2.24) is 0 Å². The van der Waals surface area contributed by atoms with Crippen molar-refractivity contribution in [2.45, 2.75) is 20.8 Å². The highest BCUT2D eigenvalue weighted by atomic mass is 19.1. The molecule has 0 heterocycles. The van der Waals surface area contributed by atoms with Crippen LogP contribution in [0.1, 0.15) is 29.8 Å². The van der Waals surface area contributed by atoms with Gasteiger partial charge < -0.3 is 0 Å². The third kappa shape index (κ3) is 2.14. The van der Waals surface area contributed by atoms with Crippen molar-refractivity contribution in [3.63, 3.8) is 0 Å². The van der Waals surface area contributed by atoms with Crippen LogP contribution in [0.25, 0.3) is 0 Å². The Hall–Kier alpha value is -1.18. The van der Waals surface area contributed by atoms with Crippen LogP contribution in [0.3, 0.4) is 0 Å². The van der Waals surface area contributed by atoms with Crippen molar-refractivity contribution in [3.8, 4) is 0 Å². The molecule has 13 heavy (non-hydrogen) atoms. The minimum atomic E-state index is -0.427. The number of aryl methyl sites for hydroxylation is 1. The number of hydrogen-bond acceptors (Lipinski definition) is 1. The standard InChI is InChI=1S/C11H13FO/c1-7(2)11(13)9-6-8(3)4-5-10(9)12/h4-7H,1-3H3. The molecule has 1 aromatic carbocycles. The summed E-state index contributed by atoms with van der Waals surface area (Å²) < 4.78 is 13.2. The van der Waals surface area contributed by atoms with E-state index in [9.17, 15) is 9.18 Å². The van der Waals surface area contributed by atoms with Crippen LogP contribution in [-0.4, -0.2) is 5.78 Å². The molecule has 0 bridgehead atoms. The molecule has 0 aliphatic rings. The summed E-state index contributed by atoms with van der Waals surface area (Å²) in [6.45, 7) is 5.38. The van der Waals surface area contributed by atoms with E-state index in [4.69, 9.17) is 0 Å². The summed E-state index contributed by atoms with van der Waals surface area (Å²) in [5.41, 5.74) is 1.11. The first kappa shape index (κ1) is 9.90. The highest BCUT2D eigenvalue weighted by Gasteiger charge is 2.14. The fourth-order valence-electron chi connectivity index (χ4n) is 1.14. The predicted octanol–water partition coefficient (Wildman–Crippen LogP) is 2.97. The lowest BCUT2D eigenvalue weighted by molar-refractivity contribution is 0.0935. The molecule has 1 nitrogen and oxygen atoms in total. The topological polar surface area (TPSA) is 17.1 Å². The van der Waals surface area contributed by atoms with Crippen molar-refractivity contribution in [3.05, 3.63) is 35.1 Å². The smallest absolute Gasteiger partial charge is 0.168 e. The first-order valence-corrected chi connectivity index (χ1v) is 4.32. The molecule has 2 heteroatoms. The van der Waals surface area contributed by atoms with Crippen LogP contribution in [-0.2, 0) is 0 Å². The molecule has 0 spiro atoms. The van der Waals surface area contributed by atoms with E-state index in [-0.39, 0.29) is 17.3 Å². The Kier molecular flexibility index (Phi) is 2.81. The summed E-state index contributed by atoms with van der Waals surface area (Å²) in [5.74, 6) is -0.721. The zero-order valence-corrected chi connectivity index (χ0v) is 8.10. The average Bonchev–Trinajstić information content (AvgIpc) is 2.08. The van der Waals surface area contributed by atoms with Gasteiger partial charge in [-0.25, -0.2) is 4.39 Å². The van der Waals surface area contributed by atoms with E-state index in [0.29, 0.717) is 0 Å². The van der Waals surface area contributed by atoms with Gasteiger partial charge in [0.1, 0.15) is 5.82 Å². The van der Waals surface area contributed by atoms with Gasteiger partial charge in [0.15, 0.2) is 5.78 Å². The van der Waals surface area contributed by atoms with E-state index in [0.717, 1.165) is 5.56 Å². The number of rotatable bonds is 2. The van der Waals surface area contributed by atoms with Gasteiger partial charge in [-0.1, -0.05) is 25.5 Å². The van der Waals surface area contributed by atoms with Crippen molar-refractivity contribution < 1.29 is 9.18 Å². The van der Waals surface area contributed by atoms with Crippen LogP contribution in [0.4, 0.5) is 4.39 Å². The number of carbonyl (C=O) groups excluding carboxylic acids is 1. The van der Waals surface area contributed by atoms with Gasteiger partial charge in [0.05, 0.1) is 5.56 Å². The van der Waals surface area contributed by atoms with Crippen LogP contribution in [0, 0.1) is 18.7 Å². The number of halogens is 1. The summed E-state index contributed by atoms with van der Waals surface area (Å²) in [6.07, 6.45) is 0. The summed E-state index contributed by atoms with van der Waals surface area (Å²) >= 11 is 0. The molecule has 0 saturated heterocycles. The monoisotopic (exact) mass is 180 g/mol. The number of Topliss-reactive ketones (excluding diaryl/α,β-unsaturated/α-hetero) is 1. The van der Waals surface area contributed by atoms with Gasteiger partial charge >= 0.3 is 0 Å². The maximum atomic E-state index is 13.2. The maximum Gasteiger partial charge on any atom is 0.168 e. The van der Waals surface area contributed by atoms with E-state index in [1.165, 1.54) is 6.07 Å². The van der Waals surface area contributed by atoms with Gasteiger partial charge in [0.2, 0.25) is 0 Å². The van der Waals surface area contributed by atoms with E-state index in [2.05, 4.69) is 0 Å². The molecule has 0 aliphatic carbocycles. The second kappa shape index (κ2) is 3.69. The molecule has 0 radical (unpaired) electrons. The SMILES string of the molecule is Cc1ccc(F)c(C(=O)C(C)C)c1. The Bertz CT molecular complexity index is 329. The Balaban J connectivity index is 3.13. The van der Waals surface area contributed by atoms with E-state index in [1.807, 2.05) is 6.92 Å². The average molecular weight is 180 g/mol. The van der Waals surface area contributed by atoms with Crippen LogP contribution in [0.5, 0.6) is 0 Å². The van der Waals surface area contributed by atoms with Gasteiger partial charge in [0, 0.05) is 5.92 Å². The molecular formula is C11H13FO. The summed E-state index contributed by atoms with van der Waals surface area (Å²) in [7, 11) is 0. The number of ketones is 1. The summed E-state index contributed by atoms with van der Waals surface area (Å²) in [5, 5.41) is 0. The lowest BCUT2D eigenvalue weighted by Gasteiger charge is -2.05. The van der Waals surface area contributed by atoms with Gasteiger partial charge in [-0.2, -0.15) is 0 Å². The summed E-state index contributed by atoms with van der Waals surface area (Å²) in [6, 6.07) is 4.59. The van der Waals surface area contributed by atoms with Crippen molar-refractivity contribution in [1.29, 1.82) is 0 Å². The largest absolute Gasteiger partial charge is 0.294 e. The maximum absolute atomic E-state index is 13.2. The zero-order valence-electron chi connectivity index (χ0n) is 8.10. The molecule has 70 valence electrons. The van der Waals surface area contributed by atoms with Crippen LogP contribution < -0.4 is 0 Å². The quantitative estimate of drug-likeness (QED) is 0.639. The fraction of sp³-hybridized carbons (Fsp3) is 0.364. The lowest BCUT2D eigenvalue weighted by Crippen LogP contribution is -2.09. The molecule has 1 rings (SSSR count). The lowest BCUT2D eigenvalue weighted by atomic mass is 9.99. The Morgan fingerprint density at radius 2 is 2.00 bits per heavy atom. The molecule has 0 N–H and O–H groups in total. The Labute approximate surface area is 77.6 Å². The molecule has 0 amide bonds. The van der Waals surface area contributed by atoms with Gasteiger partial charge in [-0.05, 0) is 19.1 Å². The van der Waals surface area contributed by atoms with Gasteiger partial charge in [-0.15, -0.1) is 0 Å². The first-order chi connectivity index (χ1) is 6.02. The van der Waals surface area contributed by atoms with Crippen molar-refractivity contribution >= 4 is 5.78 Å². The Morgan fingerprint density at radius 1 is 1.38 bits per heavy atom. The van der Waals surface area contributed by atoms with E-state index < -0.39 is 5.82 Å². The number of hydrogen-bond donors (Lipinski definition) is 0. The molecule has 0 fully saturated rings. The number of carbonyl (C=O) groups is 1. The molecule has 0 aliphatic heterocycles. The van der Waals surface area contributed by atoms with E-state index >= 15 is 0 Å². The molecule has 0 atom stereocenters. The van der Waals surface area contributed by atoms with Gasteiger partial charge in [0.25, 0.3) is 0 Å². The Morgan fingerprint density at radius 3 is 2.54 bits per heavy atom. The molecule has 1 aromatic rings. The second-order valence-corrected chi connectivity index (χ2v) is 3.50. The predicted molar refractivity (Wildman–Crippen MR) is 50.3 cm³/mol. The minimum absolute atomic E-state index is 0.138. The van der Waals surface area contributed by atoms with Gasteiger partial charge in [-0.3, -0.25) is 4.79 Å². The molecular weight excluding hydrogens is 167 g/mol. The van der Waals surface area contributed by atoms with Crippen LogP contribution >= 0.6 is 0 Å². The molecule has 0 saturated carbocycles. The minimum Gasteiger partial charge on any atom is -0.294 e. The molecule has 0 aromatic heterocycles. The third-order valence-corrected chi connectivity index (χ3v) is 1.91. The first-order valence-electron chi connectivity index (χ1n) is 4.32. The van der Waals surface area contributed by atoms with Crippen molar-refractivity contribution in [2.75, 3.05) is 0 Å². The normalized spacial score (nSPS) is 10.5. The zero-order chi connectivity index (χ0) is 10.0. The fourth-order valence-corrected chi connectivity index (χ4v) is 1.14. The molecule has 0 unspecified atom stereocenters. The second-order valence-electron chi connectivity index (χ2n) is 3.50. The van der Waals surface area contributed by atoms with E-state index in [1.54, 1.807) is 26.0 Å². The highest BCUT2D eigenvalue weighted by molar-refractivity contribution is 5.97. The number of benzene rings is 1.